The normalized spacial score (nSPS) is 20.3. The summed E-state index contributed by atoms with van der Waals surface area (Å²) in [5, 5.41) is 10.7. The Bertz CT molecular complexity index is 195. The first-order valence-electron chi connectivity index (χ1n) is 5.21. The Balaban J connectivity index is 2.36. The molecular weight excluding hydrogens is 180 g/mol. The summed E-state index contributed by atoms with van der Waals surface area (Å²) in [6, 6.07) is 0. The molecule has 0 aromatic heterocycles. The van der Waals surface area contributed by atoms with E-state index in [0.29, 0.717) is 6.42 Å². The van der Waals surface area contributed by atoms with E-state index in [9.17, 15) is 9.90 Å². The molecule has 14 heavy (non-hydrogen) atoms. The SMILES string of the molecule is C=CCC(OC1CCCCC1)C(=O)[O-]. The van der Waals surface area contributed by atoms with Crippen LogP contribution in [-0.4, -0.2) is 18.2 Å². The van der Waals surface area contributed by atoms with Crippen molar-refractivity contribution < 1.29 is 14.6 Å². The van der Waals surface area contributed by atoms with Crippen molar-refractivity contribution in [2.45, 2.75) is 50.7 Å². The highest BCUT2D eigenvalue weighted by atomic mass is 16.5. The minimum atomic E-state index is -1.13. The van der Waals surface area contributed by atoms with Gasteiger partial charge >= 0.3 is 0 Å². The Labute approximate surface area is 84.8 Å². The molecule has 0 aromatic rings. The van der Waals surface area contributed by atoms with Gasteiger partial charge in [0.05, 0.1) is 12.1 Å². The number of rotatable bonds is 5. The van der Waals surface area contributed by atoms with Crippen molar-refractivity contribution in [1.29, 1.82) is 0 Å². The van der Waals surface area contributed by atoms with Crippen molar-refractivity contribution in [3.8, 4) is 0 Å². The molecule has 1 unspecified atom stereocenters. The van der Waals surface area contributed by atoms with Gasteiger partial charge in [0, 0.05) is 0 Å². The Morgan fingerprint density at radius 2 is 2.14 bits per heavy atom. The third-order valence-electron chi connectivity index (χ3n) is 2.55. The fraction of sp³-hybridized carbons (Fsp3) is 0.727. The third kappa shape index (κ3) is 3.50. The lowest BCUT2D eigenvalue weighted by atomic mass is 9.97. The van der Waals surface area contributed by atoms with Gasteiger partial charge in [0.25, 0.3) is 0 Å². The summed E-state index contributed by atoms with van der Waals surface area (Å²) < 4.78 is 5.46. The van der Waals surface area contributed by atoms with Crippen LogP contribution in [0.15, 0.2) is 12.7 Å². The van der Waals surface area contributed by atoms with Gasteiger partial charge in [-0.1, -0.05) is 25.3 Å². The van der Waals surface area contributed by atoms with Crippen LogP contribution in [0.1, 0.15) is 38.5 Å². The topological polar surface area (TPSA) is 49.4 Å². The maximum Gasteiger partial charge on any atom is 0.101 e. The van der Waals surface area contributed by atoms with Gasteiger partial charge in [-0.3, -0.25) is 0 Å². The fourth-order valence-electron chi connectivity index (χ4n) is 1.79. The highest BCUT2D eigenvalue weighted by Crippen LogP contribution is 2.22. The molecule has 1 aliphatic rings. The predicted molar refractivity (Wildman–Crippen MR) is 51.6 cm³/mol. The van der Waals surface area contributed by atoms with Gasteiger partial charge in [-0.15, -0.1) is 6.58 Å². The molecule has 1 rings (SSSR count). The summed E-state index contributed by atoms with van der Waals surface area (Å²) in [4.78, 5) is 10.7. The van der Waals surface area contributed by atoms with E-state index >= 15 is 0 Å². The largest absolute Gasteiger partial charge is 0.547 e. The Hall–Kier alpha value is -0.830. The number of carboxylic acid groups (broad SMARTS) is 1. The lowest BCUT2D eigenvalue weighted by Crippen LogP contribution is -2.39. The quantitative estimate of drug-likeness (QED) is 0.618. The van der Waals surface area contributed by atoms with Crippen LogP contribution in [0.3, 0.4) is 0 Å². The molecule has 1 saturated carbocycles. The van der Waals surface area contributed by atoms with E-state index in [1.165, 1.54) is 6.42 Å². The van der Waals surface area contributed by atoms with Gasteiger partial charge in [-0.2, -0.15) is 0 Å². The number of carbonyl (C=O) groups is 1. The van der Waals surface area contributed by atoms with Gasteiger partial charge in [0.1, 0.15) is 6.10 Å². The standard InChI is InChI=1S/C11H18O3/c1-2-6-10(11(12)13)14-9-7-4-3-5-8-9/h2,9-10H,1,3-8H2,(H,12,13)/p-1. The number of hydrogen-bond donors (Lipinski definition) is 0. The molecule has 1 aliphatic carbocycles. The van der Waals surface area contributed by atoms with Crippen molar-refractivity contribution in [2.24, 2.45) is 0 Å². The minimum Gasteiger partial charge on any atom is -0.547 e. The summed E-state index contributed by atoms with van der Waals surface area (Å²) in [6.07, 6.45) is 6.64. The second-order valence-electron chi connectivity index (χ2n) is 3.73. The lowest BCUT2D eigenvalue weighted by molar-refractivity contribution is -0.318. The first-order chi connectivity index (χ1) is 6.74. The Morgan fingerprint density at radius 1 is 1.50 bits per heavy atom. The highest BCUT2D eigenvalue weighted by Gasteiger charge is 2.18. The van der Waals surface area contributed by atoms with Gasteiger partial charge in [-0.25, -0.2) is 0 Å². The molecule has 3 heteroatoms. The minimum absolute atomic E-state index is 0.103. The van der Waals surface area contributed by atoms with E-state index < -0.39 is 12.1 Å². The molecule has 1 fully saturated rings. The average Bonchev–Trinajstić information content (AvgIpc) is 2.18. The highest BCUT2D eigenvalue weighted by molar-refractivity contribution is 5.70. The van der Waals surface area contributed by atoms with E-state index in [0.717, 1.165) is 25.7 Å². The van der Waals surface area contributed by atoms with Crippen molar-refractivity contribution in [2.75, 3.05) is 0 Å². The number of carboxylic acids is 1. The molecule has 0 aliphatic heterocycles. The molecule has 3 nitrogen and oxygen atoms in total. The first-order valence-corrected chi connectivity index (χ1v) is 5.21. The molecule has 80 valence electrons. The summed E-state index contributed by atoms with van der Waals surface area (Å²) in [5.41, 5.74) is 0. The van der Waals surface area contributed by atoms with Crippen LogP contribution >= 0.6 is 0 Å². The van der Waals surface area contributed by atoms with Crippen molar-refractivity contribution in [3.05, 3.63) is 12.7 Å². The number of hydrogen-bond acceptors (Lipinski definition) is 3. The fourth-order valence-corrected chi connectivity index (χ4v) is 1.79. The van der Waals surface area contributed by atoms with Gasteiger partial charge in [0.2, 0.25) is 0 Å². The van der Waals surface area contributed by atoms with Crippen LogP contribution < -0.4 is 5.11 Å². The molecule has 1 atom stereocenters. The molecular formula is C11H17O3-. The smallest absolute Gasteiger partial charge is 0.101 e. The Kier molecular flexibility index (Phi) is 4.66. The molecule has 0 N–H and O–H groups in total. The molecule has 0 saturated heterocycles. The van der Waals surface area contributed by atoms with E-state index in [4.69, 9.17) is 4.74 Å². The molecule has 0 aromatic carbocycles. The lowest BCUT2D eigenvalue weighted by Gasteiger charge is -2.27. The monoisotopic (exact) mass is 197 g/mol. The van der Waals surface area contributed by atoms with E-state index in [1.807, 2.05) is 0 Å². The summed E-state index contributed by atoms with van der Waals surface area (Å²) in [7, 11) is 0. The number of aliphatic carboxylic acids is 1. The zero-order valence-corrected chi connectivity index (χ0v) is 8.41. The average molecular weight is 197 g/mol. The number of carbonyl (C=O) groups excluding carboxylic acids is 1. The number of ether oxygens (including phenoxy) is 1. The van der Waals surface area contributed by atoms with Crippen molar-refractivity contribution in [1.82, 2.24) is 0 Å². The zero-order valence-electron chi connectivity index (χ0n) is 8.41. The van der Waals surface area contributed by atoms with E-state index in [2.05, 4.69) is 6.58 Å². The Morgan fingerprint density at radius 3 is 2.64 bits per heavy atom. The van der Waals surface area contributed by atoms with Crippen LogP contribution in [0.2, 0.25) is 0 Å². The summed E-state index contributed by atoms with van der Waals surface area (Å²) in [6.45, 7) is 3.50. The molecule has 0 amide bonds. The predicted octanol–water partition coefficient (Wildman–Crippen LogP) is 1.03. The van der Waals surface area contributed by atoms with Crippen LogP contribution in [0.4, 0.5) is 0 Å². The molecule has 0 radical (unpaired) electrons. The zero-order chi connectivity index (χ0) is 10.4. The van der Waals surface area contributed by atoms with E-state index in [-0.39, 0.29) is 6.10 Å². The van der Waals surface area contributed by atoms with Gasteiger partial charge in [-0.05, 0) is 19.3 Å². The van der Waals surface area contributed by atoms with Gasteiger partial charge < -0.3 is 14.6 Å². The van der Waals surface area contributed by atoms with Crippen LogP contribution in [0, 0.1) is 0 Å². The van der Waals surface area contributed by atoms with Gasteiger partial charge in [0.15, 0.2) is 0 Å². The van der Waals surface area contributed by atoms with Crippen molar-refractivity contribution >= 4 is 5.97 Å². The molecule has 0 heterocycles. The van der Waals surface area contributed by atoms with Crippen molar-refractivity contribution in [3.63, 3.8) is 0 Å². The summed E-state index contributed by atoms with van der Waals surface area (Å²) in [5.74, 6) is -1.13. The van der Waals surface area contributed by atoms with E-state index in [1.54, 1.807) is 6.08 Å². The van der Waals surface area contributed by atoms with Crippen LogP contribution in [-0.2, 0) is 9.53 Å². The third-order valence-corrected chi connectivity index (χ3v) is 2.55. The maximum atomic E-state index is 10.7. The molecule has 0 bridgehead atoms. The maximum absolute atomic E-state index is 10.7. The molecule has 0 spiro atoms. The van der Waals surface area contributed by atoms with Crippen LogP contribution in [0.25, 0.3) is 0 Å². The first kappa shape index (κ1) is 11.2. The second kappa shape index (κ2) is 5.81. The summed E-state index contributed by atoms with van der Waals surface area (Å²) >= 11 is 0. The van der Waals surface area contributed by atoms with Crippen LogP contribution in [0.5, 0.6) is 0 Å². The second-order valence-corrected chi connectivity index (χ2v) is 3.73.